The molecule has 1 aromatic rings. The fourth-order valence-electron chi connectivity index (χ4n) is 1.45. The molecule has 1 aliphatic rings. The predicted octanol–water partition coefficient (Wildman–Crippen LogP) is 2.30. The van der Waals surface area contributed by atoms with Crippen LogP contribution in [0.25, 0.3) is 0 Å². The van der Waals surface area contributed by atoms with E-state index in [-0.39, 0.29) is 0 Å². The molecule has 1 fully saturated rings. The minimum Gasteiger partial charge on any atom is -0.368 e. The second kappa shape index (κ2) is 2.96. The molecule has 0 spiro atoms. The van der Waals surface area contributed by atoms with E-state index in [1.165, 1.54) is 10.8 Å². The topological polar surface area (TPSA) is 12.5 Å². The van der Waals surface area contributed by atoms with Crippen LogP contribution in [0.2, 0.25) is 19.6 Å². The van der Waals surface area contributed by atoms with Gasteiger partial charge in [-0.25, -0.2) is 0 Å². The summed E-state index contributed by atoms with van der Waals surface area (Å²) < 4.78 is 5.28. The summed E-state index contributed by atoms with van der Waals surface area (Å²) in [7, 11) is -1.14. The van der Waals surface area contributed by atoms with E-state index in [1.54, 1.807) is 0 Å². The SMILES string of the molecule is C[Si](C)(C)c1cccc(C2CO2)c1. The lowest BCUT2D eigenvalue weighted by atomic mass is 10.2. The Morgan fingerprint density at radius 3 is 2.54 bits per heavy atom. The van der Waals surface area contributed by atoms with Gasteiger partial charge in [0.05, 0.1) is 14.7 Å². The van der Waals surface area contributed by atoms with Crippen molar-refractivity contribution < 1.29 is 4.74 Å². The van der Waals surface area contributed by atoms with Crippen molar-refractivity contribution in [3.05, 3.63) is 29.8 Å². The first kappa shape index (κ1) is 8.97. The average Bonchev–Trinajstić information content (AvgIpc) is 2.85. The van der Waals surface area contributed by atoms with E-state index in [4.69, 9.17) is 4.74 Å². The zero-order valence-corrected chi connectivity index (χ0v) is 9.50. The second-order valence-electron chi connectivity index (χ2n) is 4.70. The zero-order valence-electron chi connectivity index (χ0n) is 8.50. The number of epoxide rings is 1. The van der Waals surface area contributed by atoms with Crippen LogP contribution in [-0.4, -0.2) is 14.7 Å². The van der Waals surface area contributed by atoms with Gasteiger partial charge in [0.15, 0.2) is 0 Å². The molecule has 2 heteroatoms. The number of rotatable bonds is 2. The number of ether oxygens (including phenoxy) is 1. The Kier molecular flexibility index (Phi) is 2.04. The van der Waals surface area contributed by atoms with E-state index in [0.717, 1.165) is 6.61 Å². The summed E-state index contributed by atoms with van der Waals surface area (Å²) in [6.45, 7) is 8.04. The molecule has 0 radical (unpaired) electrons. The van der Waals surface area contributed by atoms with Crippen LogP contribution in [0, 0.1) is 0 Å². The molecule has 1 aromatic carbocycles. The molecule has 0 amide bonds. The van der Waals surface area contributed by atoms with Crippen LogP contribution < -0.4 is 5.19 Å². The summed E-state index contributed by atoms with van der Waals surface area (Å²) in [5, 5.41) is 1.53. The highest BCUT2D eigenvalue weighted by Crippen LogP contribution is 2.28. The fraction of sp³-hybridized carbons (Fsp3) is 0.455. The fourth-order valence-corrected chi connectivity index (χ4v) is 2.64. The predicted molar refractivity (Wildman–Crippen MR) is 58.1 cm³/mol. The molecule has 2 rings (SSSR count). The van der Waals surface area contributed by atoms with Crippen molar-refractivity contribution in [3.8, 4) is 0 Å². The zero-order chi connectivity index (χ0) is 9.47. The van der Waals surface area contributed by atoms with Gasteiger partial charge in [-0.2, -0.15) is 0 Å². The number of hydrogen-bond donors (Lipinski definition) is 0. The molecule has 1 aliphatic heterocycles. The van der Waals surface area contributed by atoms with Crippen molar-refractivity contribution in [1.29, 1.82) is 0 Å². The largest absolute Gasteiger partial charge is 0.368 e. The summed E-state index contributed by atoms with van der Waals surface area (Å²) in [5.41, 5.74) is 1.36. The third-order valence-corrected chi connectivity index (χ3v) is 4.50. The molecule has 0 saturated carbocycles. The Bertz CT molecular complexity index is 310. The lowest BCUT2D eigenvalue weighted by molar-refractivity contribution is 0.416. The van der Waals surface area contributed by atoms with Crippen LogP contribution in [0.15, 0.2) is 24.3 Å². The summed E-state index contributed by atoms with van der Waals surface area (Å²) >= 11 is 0. The van der Waals surface area contributed by atoms with E-state index >= 15 is 0 Å². The van der Waals surface area contributed by atoms with Crippen LogP contribution >= 0.6 is 0 Å². The Balaban J connectivity index is 2.32. The maximum atomic E-state index is 5.28. The van der Waals surface area contributed by atoms with Gasteiger partial charge in [0.2, 0.25) is 0 Å². The van der Waals surface area contributed by atoms with Gasteiger partial charge in [-0.1, -0.05) is 49.1 Å². The van der Waals surface area contributed by atoms with Gasteiger partial charge < -0.3 is 4.74 Å². The van der Waals surface area contributed by atoms with Crippen molar-refractivity contribution in [2.24, 2.45) is 0 Å². The average molecular weight is 192 g/mol. The molecule has 0 aromatic heterocycles. The Morgan fingerprint density at radius 2 is 2.00 bits per heavy atom. The van der Waals surface area contributed by atoms with Crippen LogP contribution in [0.5, 0.6) is 0 Å². The van der Waals surface area contributed by atoms with Gasteiger partial charge in [-0.05, 0) is 5.56 Å². The monoisotopic (exact) mass is 192 g/mol. The van der Waals surface area contributed by atoms with Crippen molar-refractivity contribution in [2.45, 2.75) is 25.7 Å². The number of benzene rings is 1. The third-order valence-electron chi connectivity index (χ3n) is 2.46. The summed E-state index contributed by atoms with van der Waals surface area (Å²) in [4.78, 5) is 0. The van der Waals surface area contributed by atoms with Gasteiger partial charge in [0, 0.05) is 0 Å². The van der Waals surface area contributed by atoms with Crippen molar-refractivity contribution >= 4 is 13.3 Å². The highest BCUT2D eigenvalue weighted by molar-refractivity contribution is 6.88. The Hall–Kier alpha value is -0.603. The third kappa shape index (κ3) is 2.01. The first-order valence-corrected chi connectivity index (χ1v) is 8.29. The van der Waals surface area contributed by atoms with Gasteiger partial charge >= 0.3 is 0 Å². The van der Waals surface area contributed by atoms with E-state index in [2.05, 4.69) is 43.9 Å². The molecular weight excluding hydrogens is 176 g/mol. The molecule has 0 bridgehead atoms. The summed E-state index contributed by atoms with van der Waals surface area (Å²) in [6, 6.07) is 8.90. The molecular formula is C11H16OSi. The molecule has 0 aliphatic carbocycles. The molecule has 1 nitrogen and oxygen atoms in total. The minimum absolute atomic E-state index is 0.399. The molecule has 1 heterocycles. The van der Waals surface area contributed by atoms with Gasteiger partial charge in [0.1, 0.15) is 6.10 Å². The highest BCUT2D eigenvalue weighted by Gasteiger charge is 2.26. The van der Waals surface area contributed by atoms with Gasteiger partial charge in [-0.3, -0.25) is 0 Å². The van der Waals surface area contributed by atoms with Gasteiger partial charge in [0.25, 0.3) is 0 Å². The van der Waals surface area contributed by atoms with Gasteiger partial charge in [-0.15, -0.1) is 0 Å². The normalized spacial score (nSPS) is 21.6. The minimum atomic E-state index is -1.14. The maximum Gasteiger partial charge on any atom is 0.106 e. The van der Waals surface area contributed by atoms with E-state index in [9.17, 15) is 0 Å². The Labute approximate surface area is 80.7 Å². The number of hydrogen-bond acceptors (Lipinski definition) is 1. The molecule has 1 saturated heterocycles. The maximum absolute atomic E-state index is 5.28. The lowest BCUT2D eigenvalue weighted by Crippen LogP contribution is -2.37. The van der Waals surface area contributed by atoms with Crippen molar-refractivity contribution in [2.75, 3.05) is 6.61 Å². The molecule has 1 unspecified atom stereocenters. The highest BCUT2D eigenvalue weighted by atomic mass is 28.3. The molecule has 0 N–H and O–H groups in total. The van der Waals surface area contributed by atoms with Crippen LogP contribution in [-0.2, 0) is 4.74 Å². The van der Waals surface area contributed by atoms with Crippen LogP contribution in [0.4, 0.5) is 0 Å². The summed E-state index contributed by atoms with van der Waals surface area (Å²) in [6.07, 6.45) is 0.399. The smallest absolute Gasteiger partial charge is 0.106 e. The van der Waals surface area contributed by atoms with Crippen molar-refractivity contribution in [1.82, 2.24) is 0 Å². The molecule has 1 atom stereocenters. The van der Waals surface area contributed by atoms with E-state index in [0.29, 0.717) is 6.10 Å². The van der Waals surface area contributed by atoms with E-state index < -0.39 is 8.07 Å². The first-order valence-electron chi connectivity index (χ1n) is 4.79. The van der Waals surface area contributed by atoms with Crippen LogP contribution in [0.3, 0.4) is 0 Å². The van der Waals surface area contributed by atoms with Crippen LogP contribution in [0.1, 0.15) is 11.7 Å². The summed E-state index contributed by atoms with van der Waals surface area (Å²) in [5.74, 6) is 0. The first-order chi connectivity index (χ1) is 6.07. The lowest BCUT2D eigenvalue weighted by Gasteiger charge is -2.16. The molecule has 70 valence electrons. The Morgan fingerprint density at radius 1 is 1.31 bits per heavy atom. The molecule has 13 heavy (non-hydrogen) atoms. The van der Waals surface area contributed by atoms with E-state index in [1.807, 2.05) is 0 Å². The van der Waals surface area contributed by atoms with Crippen molar-refractivity contribution in [3.63, 3.8) is 0 Å². The standard InChI is InChI=1S/C11H16OSi/c1-13(2,3)10-6-4-5-9(7-10)11-8-12-11/h4-7,11H,8H2,1-3H3. The quantitative estimate of drug-likeness (QED) is 0.517. The second-order valence-corrected chi connectivity index (χ2v) is 9.77.